The number of rotatable bonds is 7. The van der Waals surface area contributed by atoms with Crippen LogP contribution in [0.1, 0.15) is 0 Å². The van der Waals surface area contributed by atoms with E-state index in [1.165, 1.54) is 44.2 Å². The zero-order chi connectivity index (χ0) is 37.3. The van der Waals surface area contributed by atoms with Crippen LogP contribution in [0.4, 0.5) is 0 Å². The average molecular weight is 713 g/mol. The molecule has 2 heteroatoms. The number of fused-ring (bicyclic) bond motifs is 3. The van der Waals surface area contributed by atoms with Gasteiger partial charge in [0, 0.05) is 22.1 Å². The van der Waals surface area contributed by atoms with Crippen molar-refractivity contribution in [2.75, 3.05) is 0 Å². The monoisotopic (exact) mass is 712 g/mol. The first-order chi connectivity index (χ1) is 27.7. The van der Waals surface area contributed by atoms with Crippen LogP contribution in [0.5, 0.6) is 0 Å². The molecule has 262 valence electrons. The third kappa shape index (κ3) is 6.44. The lowest BCUT2D eigenvalue weighted by atomic mass is 9.92. The van der Waals surface area contributed by atoms with Crippen LogP contribution in [0, 0.1) is 0 Å². The molecule has 2 heterocycles. The third-order valence-electron chi connectivity index (χ3n) is 10.7. The smallest absolute Gasteiger partial charge is 0.0722 e. The maximum atomic E-state index is 5.30. The molecule has 0 aliphatic carbocycles. The van der Waals surface area contributed by atoms with E-state index in [-0.39, 0.29) is 0 Å². The summed E-state index contributed by atoms with van der Waals surface area (Å²) in [4.78, 5) is 10.5. The Kier molecular flexibility index (Phi) is 8.55. The van der Waals surface area contributed by atoms with E-state index in [1.807, 2.05) is 6.07 Å². The highest BCUT2D eigenvalue weighted by Crippen LogP contribution is 2.39. The van der Waals surface area contributed by atoms with Crippen LogP contribution in [0.2, 0.25) is 0 Å². The Labute approximate surface area is 327 Å². The molecule has 0 aliphatic rings. The fourth-order valence-electron chi connectivity index (χ4n) is 7.76. The van der Waals surface area contributed by atoms with Crippen molar-refractivity contribution in [1.82, 2.24) is 9.97 Å². The third-order valence-corrected chi connectivity index (χ3v) is 10.7. The molecule has 0 saturated carbocycles. The first kappa shape index (κ1) is 33.2. The number of hydrogen-bond donors (Lipinski definition) is 0. The Hall–Kier alpha value is -7.42. The standard InChI is InChI=1S/C54H36N2/c1-5-13-37(14-6-1)39-21-26-44(27-22-39)51-34-47(35-52(56-51)45-28-23-40(24-29-45)38-15-7-2-8-16-38)46-30-25-42-31-32-50-54(48(42)33-46)49(41-17-9-3-10-18-41)36-53(55-50)43-19-11-4-12-20-43/h1-36H. The molecule has 8 aromatic carbocycles. The van der Waals surface area contributed by atoms with E-state index in [0.717, 1.165) is 55.8 Å². The predicted octanol–water partition coefficient (Wildman–Crippen LogP) is 14.5. The molecule has 2 nitrogen and oxygen atoms in total. The van der Waals surface area contributed by atoms with E-state index in [9.17, 15) is 0 Å². The van der Waals surface area contributed by atoms with Crippen molar-refractivity contribution < 1.29 is 0 Å². The van der Waals surface area contributed by atoms with Crippen molar-refractivity contribution in [3.63, 3.8) is 0 Å². The number of hydrogen-bond acceptors (Lipinski definition) is 2. The van der Waals surface area contributed by atoms with Crippen LogP contribution in [0.15, 0.2) is 218 Å². The van der Waals surface area contributed by atoms with Gasteiger partial charge in [0.15, 0.2) is 0 Å². The van der Waals surface area contributed by atoms with Gasteiger partial charge in [0.05, 0.1) is 22.6 Å². The highest BCUT2D eigenvalue weighted by molar-refractivity contribution is 6.14. The van der Waals surface area contributed by atoms with Crippen LogP contribution in [0.3, 0.4) is 0 Å². The van der Waals surface area contributed by atoms with Gasteiger partial charge in [0.1, 0.15) is 0 Å². The largest absolute Gasteiger partial charge is 0.248 e. The summed E-state index contributed by atoms with van der Waals surface area (Å²) in [7, 11) is 0. The number of aromatic nitrogens is 2. The average Bonchev–Trinajstić information content (AvgIpc) is 3.29. The molecule has 0 aliphatic heterocycles. The minimum Gasteiger partial charge on any atom is -0.248 e. The maximum Gasteiger partial charge on any atom is 0.0722 e. The molecule has 0 amide bonds. The summed E-state index contributed by atoms with van der Waals surface area (Å²) in [6, 6.07) is 77.6. The minimum absolute atomic E-state index is 0.932. The Morgan fingerprint density at radius 1 is 0.250 bits per heavy atom. The lowest BCUT2D eigenvalue weighted by molar-refractivity contribution is 1.32. The van der Waals surface area contributed by atoms with E-state index in [0.29, 0.717) is 0 Å². The zero-order valence-corrected chi connectivity index (χ0v) is 30.7. The molecule has 10 aromatic rings. The Morgan fingerprint density at radius 2 is 0.643 bits per heavy atom. The Morgan fingerprint density at radius 3 is 1.18 bits per heavy atom. The Balaban J connectivity index is 1.14. The highest BCUT2D eigenvalue weighted by Gasteiger charge is 2.15. The maximum absolute atomic E-state index is 5.30. The number of nitrogens with zero attached hydrogens (tertiary/aromatic N) is 2. The SMILES string of the molecule is c1ccc(-c2ccc(-c3cc(-c4ccc5ccc6nc(-c7ccccc7)cc(-c7ccccc7)c6c5c4)cc(-c4ccc(-c5ccccc5)cc4)n3)cc2)cc1. The molecule has 0 saturated heterocycles. The lowest BCUT2D eigenvalue weighted by Crippen LogP contribution is -1.93. The summed E-state index contributed by atoms with van der Waals surface area (Å²) in [5, 5.41) is 3.50. The molecule has 0 atom stereocenters. The molecule has 0 bridgehead atoms. The van der Waals surface area contributed by atoms with Gasteiger partial charge in [-0.1, -0.05) is 188 Å². The van der Waals surface area contributed by atoms with Crippen molar-refractivity contribution >= 4 is 21.7 Å². The van der Waals surface area contributed by atoms with E-state index in [2.05, 4.69) is 212 Å². The number of benzene rings is 8. The van der Waals surface area contributed by atoms with Gasteiger partial charge in [0.2, 0.25) is 0 Å². The molecule has 10 rings (SSSR count). The summed E-state index contributed by atoms with van der Waals surface area (Å²) in [6.07, 6.45) is 0. The van der Waals surface area contributed by atoms with E-state index >= 15 is 0 Å². The Bertz CT molecular complexity index is 2860. The van der Waals surface area contributed by atoms with Gasteiger partial charge in [-0.05, 0) is 85.6 Å². The van der Waals surface area contributed by atoms with Crippen molar-refractivity contribution in [2.24, 2.45) is 0 Å². The first-order valence-electron chi connectivity index (χ1n) is 19.1. The van der Waals surface area contributed by atoms with Crippen LogP contribution in [0.25, 0.3) is 100.0 Å². The van der Waals surface area contributed by atoms with Crippen LogP contribution >= 0.6 is 0 Å². The van der Waals surface area contributed by atoms with Gasteiger partial charge in [0.25, 0.3) is 0 Å². The fourth-order valence-corrected chi connectivity index (χ4v) is 7.76. The van der Waals surface area contributed by atoms with Gasteiger partial charge in [-0.3, -0.25) is 0 Å². The van der Waals surface area contributed by atoms with Crippen molar-refractivity contribution in [3.05, 3.63) is 218 Å². The second-order valence-corrected chi connectivity index (χ2v) is 14.2. The lowest BCUT2D eigenvalue weighted by Gasteiger charge is -2.15. The summed E-state index contributed by atoms with van der Waals surface area (Å²) in [5.74, 6) is 0. The summed E-state index contributed by atoms with van der Waals surface area (Å²) in [6.45, 7) is 0. The van der Waals surface area contributed by atoms with E-state index in [1.54, 1.807) is 0 Å². The minimum atomic E-state index is 0.932. The van der Waals surface area contributed by atoms with Crippen LogP contribution in [-0.2, 0) is 0 Å². The summed E-state index contributed by atoms with van der Waals surface area (Å²) in [5.41, 5.74) is 16.4. The molecule has 0 fully saturated rings. The van der Waals surface area contributed by atoms with E-state index in [4.69, 9.17) is 9.97 Å². The first-order valence-corrected chi connectivity index (χ1v) is 19.1. The molecule has 56 heavy (non-hydrogen) atoms. The van der Waals surface area contributed by atoms with E-state index < -0.39 is 0 Å². The summed E-state index contributed by atoms with van der Waals surface area (Å²) >= 11 is 0. The quantitative estimate of drug-likeness (QED) is 0.154. The topological polar surface area (TPSA) is 25.8 Å². The molecule has 0 N–H and O–H groups in total. The van der Waals surface area contributed by atoms with Gasteiger partial charge in [-0.25, -0.2) is 9.97 Å². The van der Waals surface area contributed by atoms with Crippen LogP contribution < -0.4 is 0 Å². The van der Waals surface area contributed by atoms with Gasteiger partial charge >= 0.3 is 0 Å². The van der Waals surface area contributed by atoms with Crippen LogP contribution in [-0.4, -0.2) is 9.97 Å². The normalized spacial score (nSPS) is 11.2. The highest BCUT2D eigenvalue weighted by atomic mass is 14.7. The molecule has 0 unspecified atom stereocenters. The number of pyridine rings is 2. The van der Waals surface area contributed by atoms with Crippen molar-refractivity contribution in [2.45, 2.75) is 0 Å². The molecule has 0 radical (unpaired) electrons. The molecule has 0 spiro atoms. The van der Waals surface area contributed by atoms with Crippen molar-refractivity contribution in [1.29, 1.82) is 0 Å². The van der Waals surface area contributed by atoms with Crippen molar-refractivity contribution in [3.8, 4) is 78.3 Å². The van der Waals surface area contributed by atoms with Gasteiger partial charge in [-0.2, -0.15) is 0 Å². The summed E-state index contributed by atoms with van der Waals surface area (Å²) < 4.78 is 0. The second kappa shape index (κ2) is 14.4. The van der Waals surface area contributed by atoms with Gasteiger partial charge in [-0.15, -0.1) is 0 Å². The predicted molar refractivity (Wildman–Crippen MR) is 235 cm³/mol. The molecule has 2 aromatic heterocycles. The molecular weight excluding hydrogens is 677 g/mol. The zero-order valence-electron chi connectivity index (χ0n) is 30.7. The fraction of sp³-hybridized carbons (Fsp3) is 0. The van der Waals surface area contributed by atoms with Gasteiger partial charge < -0.3 is 0 Å². The second-order valence-electron chi connectivity index (χ2n) is 14.2. The molecular formula is C54H36N2.